The summed E-state index contributed by atoms with van der Waals surface area (Å²) in [6.45, 7) is 6.36. The molecule has 0 saturated carbocycles. The third-order valence-corrected chi connectivity index (χ3v) is 14.1. The third kappa shape index (κ3) is 66.2. The Bertz CT molecular complexity index is 1720. The molecule has 0 aromatic rings. The van der Waals surface area contributed by atoms with E-state index in [-0.39, 0.29) is 31.1 Å². The van der Waals surface area contributed by atoms with Gasteiger partial charge >= 0.3 is 17.9 Å². The molecule has 0 rings (SSSR count). The molecule has 6 heteroatoms. The minimum atomic E-state index is -0.804. The summed E-state index contributed by atoms with van der Waals surface area (Å²) in [6.07, 6.45) is 96.2. The van der Waals surface area contributed by atoms with Crippen LogP contribution >= 0.6 is 0 Å². The van der Waals surface area contributed by atoms with E-state index in [1.807, 2.05) is 0 Å². The SMILES string of the molecule is CC/C=C\C/C=C\C/C=C\C/C=C\C/C=C\CCCCCCCCCCCCCCCCCC(=O)OCC(COC(=O)CCCC/C=C\C/C=C\C/C=C\C/C=C\CC)OC(=O)CCCCCCCCC/C=C\C/C=C\CCCCC. The predicted molar refractivity (Wildman–Crippen MR) is 353 cm³/mol. The van der Waals surface area contributed by atoms with Gasteiger partial charge in [-0.2, -0.15) is 0 Å². The molecule has 81 heavy (non-hydrogen) atoms. The number of rotatable bonds is 60. The second kappa shape index (κ2) is 68.1. The summed E-state index contributed by atoms with van der Waals surface area (Å²) >= 11 is 0. The molecule has 1 unspecified atom stereocenters. The molecule has 0 aliphatic rings. The summed E-state index contributed by atoms with van der Waals surface area (Å²) in [7, 11) is 0. The first kappa shape index (κ1) is 76.5. The van der Waals surface area contributed by atoms with Gasteiger partial charge in [0.05, 0.1) is 0 Å². The van der Waals surface area contributed by atoms with Gasteiger partial charge in [0.2, 0.25) is 0 Å². The van der Waals surface area contributed by atoms with Crippen LogP contribution in [0, 0.1) is 0 Å². The lowest BCUT2D eigenvalue weighted by molar-refractivity contribution is -0.167. The Kier molecular flexibility index (Phi) is 64.3. The van der Waals surface area contributed by atoms with Crippen molar-refractivity contribution in [1.29, 1.82) is 0 Å². The van der Waals surface area contributed by atoms with Crippen molar-refractivity contribution in [2.75, 3.05) is 13.2 Å². The van der Waals surface area contributed by atoms with Crippen molar-refractivity contribution in [3.8, 4) is 0 Å². The van der Waals surface area contributed by atoms with Gasteiger partial charge in [-0.3, -0.25) is 14.4 Å². The highest BCUT2D eigenvalue weighted by molar-refractivity contribution is 5.71. The molecule has 0 fully saturated rings. The average molecular weight is 1120 g/mol. The maximum atomic E-state index is 12.9. The molecule has 0 bridgehead atoms. The Balaban J connectivity index is 4.29. The van der Waals surface area contributed by atoms with Crippen LogP contribution < -0.4 is 0 Å². The van der Waals surface area contributed by atoms with Crippen molar-refractivity contribution in [3.63, 3.8) is 0 Å². The van der Waals surface area contributed by atoms with Crippen molar-refractivity contribution < 1.29 is 28.6 Å². The molecule has 0 saturated heterocycles. The zero-order chi connectivity index (χ0) is 58.5. The lowest BCUT2D eigenvalue weighted by Crippen LogP contribution is -2.30. The Morgan fingerprint density at radius 1 is 0.259 bits per heavy atom. The second-order valence-corrected chi connectivity index (χ2v) is 22.0. The molecule has 0 heterocycles. The largest absolute Gasteiger partial charge is 0.462 e. The molecule has 0 N–H and O–H groups in total. The van der Waals surface area contributed by atoms with E-state index < -0.39 is 6.10 Å². The number of carbonyl (C=O) groups is 3. The Morgan fingerprint density at radius 3 is 0.778 bits per heavy atom. The number of hydrogen-bond acceptors (Lipinski definition) is 6. The van der Waals surface area contributed by atoms with Gasteiger partial charge in [0.15, 0.2) is 6.10 Å². The van der Waals surface area contributed by atoms with E-state index in [1.165, 1.54) is 135 Å². The standard InChI is InChI=1S/C75H124O6/c1-4-7-10-13-16-19-22-25-28-30-31-32-33-34-35-36-37-38-39-40-41-42-43-45-47-50-53-56-59-62-65-68-74(77)80-71-72(70-79-73(76)67-64-61-58-55-52-49-46-27-24-21-18-15-12-9-6-3)81-75(78)69-66-63-60-57-54-51-48-44-29-26-23-20-17-14-11-8-5-2/h7,9-10,12,16-21,25-29,31-32,34-35,46,52,55,72H,4-6,8,11,13-15,22-24,30,33,36-45,47-51,53-54,56-71H2,1-3H3/b10-7-,12-9-,19-16-,20-17-,21-18-,28-25-,29-26-,32-31-,35-34-,46-27-,55-52-. The van der Waals surface area contributed by atoms with E-state index in [2.05, 4.69) is 154 Å². The Hall–Kier alpha value is -4.45. The number of esters is 3. The fraction of sp³-hybridized carbons (Fsp3) is 0.667. The van der Waals surface area contributed by atoms with E-state index in [9.17, 15) is 14.4 Å². The van der Waals surface area contributed by atoms with Crippen LogP contribution in [0.15, 0.2) is 134 Å². The highest BCUT2D eigenvalue weighted by Gasteiger charge is 2.19. The maximum Gasteiger partial charge on any atom is 0.306 e. The van der Waals surface area contributed by atoms with E-state index in [0.717, 1.165) is 128 Å². The molecule has 0 spiro atoms. The fourth-order valence-corrected chi connectivity index (χ4v) is 9.14. The third-order valence-electron chi connectivity index (χ3n) is 14.1. The van der Waals surface area contributed by atoms with E-state index in [0.29, 0.717) is 19.3 Å². The summed E-state index contributed by atoms with van der Waals surface area (Å²) < 4.78 is 16.9. The summed E-state index contributed by atoms with van der Waals surface area (Å²) in [4.78, 5) is 38.4. The molecule has 0 aromatic heterocycles. The average Bonchev–Trinajstić information content (AvgIpc) is 3.47. The summed E-state index contributed by atoms with van der Waals surface area (Å²) in [5, 5.41) is 0. The van der Waals surface area contributed by atoms with Crippen LogP contribution in [0.4, 0.5) is 0 Å². The smallest absolute Gasteiger partial charge is 0.306 e. The minimum absolute atomic E-state index is 0.0962. The number of ether oxygens (including phenoxy) is 3. The minimum Gasteiger partial charge on any atom is -0.462 e. The first-order valence-corrected chi connectivity index (χ1v) is 33.7. The summed E-state index contributed by atoms with van der Waals surface area (Å²) in [6, 6.07) is 0. The van der Waals surface area contributed by atoms with Crippen molar-refractivity contribution in [2.24, 2.45) is 0 Å². The van der Waals surface area contributed by atoms with Crippen molar-refractivity contribution >= 4 is 17.9 Å². The van der Waals surface area contributed by atoms with Crippen LogP contribution in [0.25, 0.3) is 0 Å². The first-order valence-electron chi connectivity index (χ1n) is 33.7. The molecular formula is C75H124O6. The van der Waals surface area contributed by atoms with Gasteiger partial charge in [0.1, 0.15) is 13.2 Å². The fourth-order valence-electron chi connectivity index (χ4n) is 9.14. The number of allylic oxidation sites excluding steroid dienone is 22. The zero-order valence-corrected chi connectivity index (χ0v) is 52.8. The van der Waals surface area contributed by atoms with Gasteiger partial charge in [-0.25, -0.2) is 0 Å². The number of carbonyl (C=O) groups excluding carboxylic acids is 3. The summed E-state index contributed by atoms with van der Waals surface area (Å²) in [5.41, 5.74) is 0. The number of hydrogen-bond donors (Lipinski definition) is 0. The molecule has 0 radical (unpaired) electrons. The topological polar surface area (TPSA) is 78.9 Å². The molecule has 0 aromatic carbocycles. The highest BCUT2D eigenvalue weighted by Crippen LogP contribution is 2.16. The van der Waals surface area contributed by atoms with Crippen LogP contribution in [0.2, 0.25) is 0 Å². The normalized spacial score (nSPS) is 13.0. The van der Waals surface area contributed by atoms with Crippen molar-refractivity contribution in [3.05, 3.63) is 134 Å². The van der Waals surface area contributed by atoms with Gasteiger partial charge in [0, 0.05) is 19.3 Å². The first-order chi connectivity index (χ1) is 40.0. The van der Waals surface area contributed by atoms with Crippen LogP contribution in [0.5, 0.6) is 0 Å². The second-order valence-electron chi connectivity index (χ2n) is 22.0. The van der Waals surface area contributed by atoms with E-state index in [1.54, 1.807) is 0 Å². The molecule has 6 nitrogen and oxygen atoms in total. The monoisotopic (exact) mass is 1120 g/mol. The van der Waals surface area contributed by atoms with Crippen molar-refractivity contribution in [1.82, 2.24) is 0 Å². The van der Waals surface area contributed by atoms with Gasteiger partial charge in [-0.1, -0.05) is 283 Å². The quantitative estimate of drug-likeness (QED) is 0.0261. The summed E-state index contributed by atoms with van der Waals surface area (Å²) in [5.74, 6) is -0.942. The van der Waals surface area contributed by atoms with Gasteiger partial charge in [0.25, 0.3) is 0 Å². The van der Waals surface area contributed by atoms with Gasteiger partial charge < -0.3 is 14.2 Å². The predicted octanol–water partition coefficient (Wildman–Crippen LogP) is 23.3. The Morgan fingerprint density at radius 2 is 0.481 bits per heavy atom. The zero-order valence-electron chi connectivity index (χ0n) is 52.8. The van der Waals surface area contributed by atoms with Crippen LogP contribution in [-0.4, -0.2) is 37.2 Å². The van der Waals surface area contributed by atoms with Crippen LogP contribution in [-0.2, 0) is 28.6 Å². The van der Waals surface area contributed by atoms with Gasteiger partial charge in [-0.05, 0) is 135 Å². The molecule has 0 amide bonds. The molecular weight excluding hydrogens is 997 g/mol. The lowest BCUT2D eigenvalue weighted by Gasteiger charge is -2.18. The molecule has 460 valence electrons. The van der Waals surface area contributed by atoms with Gasteiger partial charge in [-0.15, -0.1) is 0 Å². The maximum absolute atomic E-state index is 12.9. The van der Waals surface area contributed by atoms with Crippen molar-refractivity contribution in [2.45, 2.75) is 309 Å². The Labute approximate surface area is 500 Å². The lowest BCUT2D eigenvalue weighted by atomic mass is 10.0. The number of unbranched alkanes of at least 4 members (excludes halogenated alkanes) is 27. The molecule has 0 aliphatic carbocycles. The van der Waals surface area contributed by atoms with Crippen LogP contribution in [0.1, 0.15) is 303 Å². The van der Waals surface area contributed by atoms with Crippen LogP contribution in [0.3, 0.4) is 0 Å². The van der Waals surface area contributed by atoms with E-state index >= 15 is 0 Å². The molecule has 1 atom stereocenters. The van der Waals surface area contributed by atoms with E-state index in [4.69, 9.17) is 14.2 Å². The molecule has 0 aliphatic heterocycles. The highest BCUT2D eigenvalue weighted by atomic mass is 16.6.